The molecule has 0 aromatic heterocycles. The lowest BCUT2D eigenvalue weighted by Gasteiger charge is -2.35. The van der Waals surface area contributed by atoms with Crippen molar-refractivity contribution in [2.75, 3.05) is 32.8 Å². The lowest BCUT2D eigenvalue weighted by molar-refractivity contribution is -0.153. The molecule has 0 saturated carbocycles. The van der Waals surface area contributed by atoms with Crippen LogP contribution in [0.15, 0.2) is 24.3 Å². The lowest BCUT2D eigenvalue weighted by atomic mass is 9.78. The molecule has 1 unspecified atom stereocenters. The minimum absolute atomic E-state index is 0.101. The molecule has 1 N–H and O–H groups in total. The Bertz CT molecular complexity index is 811. The lowest BCUT2D eigenvalue weighted by Crippen LogP contribution is -2.55. The third-order valence-electron chi connectivity index (χ3n) is 7.34. The first-order valence-corrected chi connectivity index (χ1v) is 12.4. The molecule has 4 aliphatic rings. The van der Waals surface area contributed by atoms with Gasteiger partial charge in [0, 0.05) is 26.2 Å². The molecule has 0 radical (unpaired) electrons. The first-order chi connectivity index (χ1) is 16.0. The molecule has 8 nitrogen and oxygen atoms in total. The minimum Gasteiger partial charge on any atom is -0.461 e. The van der Waals surface area contributed by atoms with Crippen LogP contribution in [0.3, 0.4) is 0 Å². The smallest absolute Gasteiger partial charge is 0.313 e. The topological polar surface area (TPSA) is 96.4 Å². The molecule has 4 heterocycles. The maximum atomic E-state index is 13.8. The van der Waals surface area contributed by atoms with Crippen molar-refractivity contribution in [3.05, 3.63) is 24.3 Å². The normalized spacial score (nSPS) is 33.0. The number of carbonyl (C=O) groups is 3. The molecule has 4 rings (SSSR count). The Labute approximate surface area is 195 Å². The summed E-state index contributed by atoms with van der Waals surface area (Å²) in [4.78, 5) is 44.0. The maximum Gasteiger partial charge on any atom is 0.313 e. The van der Waals surface area contributed by atoms with E-state index in [1.165, 1.54) is 0 Å². The van der Waals surface area contributed by atoms with E-state index in [0.29, 0.717) is 19.6 Å². The van der Waals surface area contributed by atoms with Crippen molar-refractivity contribution >= 4 is 17.8 Å². The number of hydrogen-bond donors (Lipinski definition) is 1. The van der Waals surface area contributed by atoms with Crippen LogP contribution in [0.1, 0.15) is 51.9 Å². The molecule has 0 aromatic rings. The fourth-order valence-corrected chi connectivity index (χ4v) is 5.76. The molecule has 0 bridgehead atoms. The van der Waals surface area contributed by atoms with E-state index in [0.717, 1.165) is 44.9 Å². The molecule has 2 saturated heterocycles. The first-order valence-electron chi connectivity index (χ1n) is 12.4. The zero-order valence-electron chi connectivity index (χ0n) is 19.5. The maximum absolute atomic E-state index is 13.8. The Morgan fingerprint density at radius 2 is 1.82 bits per heavy atom. The molecule has 4 aliphatic heterocycles. The highest BCUT2D eigenvalue weighted by atomic mass is 16.6. The van der Waals surface area contributed by atoms with Crippen LogP contribution in [0, 0.1) is 11.8 Å². The van der Waals surface area contributed by atoms with Gasteiger partial charge in [-0.1, -0.05) is 50.8 Å². The molecule has 2 amide bonds. The van der Waals surface area contributed by atoms with Crippen LogP contribution in [0.25, 0.3) is 0 Å². The van der Waals surface area contributed by atoms with Crippen molar-refractivity contribution in [3.63, 3.8) is 0 Å². The Hall–Kier alpha value is -2.19. The number of rotatable bonds is 10. The van der Waals surface area contributed by atoms with Crippen molar-refractivity contribution < 1.29 is 29.0 Å². The summed E-state index contributed by atoms with van der Waals surface area (Å²) < 4.78 is 11.8. The Balaban J connectivity index is 1.65. The van der Waals surface area contributed by atoms with Gasteiger partial charge in [-0.2, -0.15) is 0 Å². The second-order valence-electron chi connectivity index (χ2n) is 9.46. The summed E-state index contributed by atoms with van der Waals surface area (Å²) in [6, 6.07) is -0.777. The summed E-state index contributed by atoms with van der Waals surface area (Å²) >= 11 is 0. The number of aliphatic hydroxyl groups is 1. The van der Waals surface area contributed by atoms with Crippen molar-refractivity contribution in [3.8, 4) is 0 Å². The number of unbranched alkanes of at least 4 members (excludes halogenated alkanes) is 5. The van der Waals surface area contributed by atoms with Gasteiger partial charge in [0.25, 0.3) is 0 Å². The van der Waals surface area contributed by atoms with Gasteiger partial charge in [-0.15, -0.1) is 0 Å². The van der Waals surface area contributed by atoms with Gasteiger partial charge in [0.15, 0.2) is 0 Å². The quantitative estimate of drug-likeness (QED) is 0.304. The van der Waals surface area contributed by atoms with Crippen molar-refractivity contribution in [1.82, 2.24) is 9.80 Å². The summed E-state index contributed by atoms with van der Waals surface area (Å²) in [5.41, 5.74) is -1.16. The van der Waals surface area contributed by atoms with Gasteiger partial charge in [-0.3, -0.25) is 14.4 Å². The van der Waals surface area contributed by atoms with Crippen LogP contribution in [0.5, 0.6) is 0 Å². The average molecular weight is 461 g/mol. The number of ether oxygens (including phenoxy) is 2. The van der Waals surface area contributed by atoms with Crippen LogP contribution < -0.4 is 0 Å². The second kappa shape index (κ2) is 10.4. The van der Waals surface area contributed by atoms with Gasteiger partial charge in [-0.05, 0) is 25.3 Å². The number of amides is 2. The first kappa shape index (κ1) is 24.0. The molecular weight excluding hydrogens is 424 g/mol. The number of cyclic esters (lactones) is 1. The van der Waals surface area contributed by atoms with Gasteiger partial charge in [0.1, 0.15) is 24.2 Å². The van der Waals surface area contributed by atoms with Crippen molar-refractivity contribution in [2.45, 2.75) is 69.6 Å². The molecule has 0 aliphatic carbocycles. The Kier molecular flexibility index (Phi) is 7.54. The van der Waals surface area contributed by atoms with Crippen LogP contribution in [0.4, 0.5) is 0 Å². The average Bonchev–Trinajstić information content (AvgIpc) is 3.10. The number of aliphatic hydroxyl groups excluding tert-OH is 1. The van der Waals surface area contributed by atoms with Gasteiger partial charge in [0.2, 0.25) is 11.8 Å². The van der Waals surface area contributed by atoms with E-state index in [-0.39, 0.29) is 25.0 Å². The fourth-order valence-electron chi connectivity index (χ4n) is 5.76. The largest absolute Gasteiger partial charge is 0.461 e. The Morgan fingerprint density at radius 1 is 1.03 bits per heavy atom. The number of esters is 1. The standard InChI is InChI=1S/C25H36N2O6/c1-2-3-6-13-26-14-10-12-25-20(19-18(33-25)11-9-17-32-24(19)31)22(29)27(21(25)23(26)30)15-7-4-5-8-16-28/h9-12,18-21,28H,2-8,13-17H2,1H3/t18-,19+,20+,21-,25?/m1/s1. The van der Waals surface area contributed by atoms with E-state index >= 15 is 0 Å². The summed E-state index contributed by atoms with van der Waals surface area (Å²) in [7, 11) is 0. The number of hydrogen-bond acceptors (Lipinski definition) is 6. The van der Waals surface area contributed by atoms with E-state index in [4.69, 9.17) is 14.6 Å². The number of carbonyl (C=O) groups excluding carboxylic acids is 3. The van der Waals surface area contributed by atoms with Gasteiger partial charge >= 0.3 is 5.97 Å². The summed E-state index contributed by atoms with van der Waals surface area (Å²) in [6.07, 6.45) is 13.0. The predicted molar refractivity (Wildman–Crippen MR) is 121 cm³/mol. The Morgan fingerprint density at radius 3 is 2.61 bits per heavy atom. The predicted octanol–water partition coefficient (Wildman–Crippen LogP) is 1.82. The number of likely N-dealkylation sites (tertiary alicyclic amines) is 1. The SMILES string of the molecule is CCCCCN1CC=CC23O[C@@H]4C=CCOC(=O)[C@@H]4[C@H]2C(=O)N(CCCCCCO)[C@@H]3C1=O. The van der Waals surface area contributed by atoms with Crippen LogP contribution >= 0.6 is 0 Å². The van der Waals surface area contributed by atoms with Crippen LogP contribution in [-0.2, 0) is 23.9 Å². The summed E-state index contributed by atoms with van der Waals surface area (Å²) in [5.74, 6) is -2.25. The fraction of sp³-hybridized carbons (Fsp3) is 0.720. The second-order valence-corrected chi connectivity index (χ2v) is 9.46. The van der Waals surface area contributed by atoms with E-state index < -0.39 is 35.6 Å². The highest BCUT2D eigenvalue weighted by molar-refractivity contribution is 5.99. The van der Waals surface area contributed by atoms with E-state index in [9.17, 15) is 14.4 Å². The van der Waals surface area contributed by atoms with Gasteiger partial charge < -0.3 is 24.4 Å². The van der Waals surface area contributed by atoms with E-state index in [1.54, 1.807) is 17.1 Å². The molecule has 8 heteroatoms. The molecule has 5 atom stereocenters. The summed E-state index contributed by atoms with van der Waals surface area (Å²) in [6.45, 7) is 4.00. The third-order valence-corrected chi connectivity index (χ3v) is 7.34. The summed E-state index contributed by atoms with van der Waals surface area (Å²) in [5, 5.41) is 9.04. The van der Waals surface area contributed by atoms with Crippen molar-refractivity contribution in [1.29, 1.82) is 0 Å². The molecule has 0 aromatic carbocycles. The van der Waals surface area contributed by atoms with Crippen molar-refractivity contribution in [2.24, 2.45) is 11.8 Å². The molecule has 1 spiro atoms. The molecule has 2 fully saturated rings. The van der Waals surface area contributed by atoms with Gasteiger partial charge in [-0.25, -0.2) is 0 Å². The minimum atomic E-state index is -1.16. The zero-order valence-corrected chi connectivity index (χ0v) is 19.5. The van der Waals surface area contributed by atoms with Crippen LogP contribution in [-0.4, -0.2) is 83.3 Å². The number of nitrogens with zero attached hydrogens (tertiary/aromatic N) is 2. The molecular formula is C25H36N2O6. The van der Waals surface area contributed by atoms with Crippen LogP contribution in [0.2, 0.25) is 0 Å². The van der Waals surface area contributed by atoms with E-state index in [2.05, 4.69) is 6.92 Å². The molecule has 33 heavy (non-hydrogen) atoms. The highest BCUT2D eigenvalue weighted by Crippen LogP contribution is 2.53. The highest BCUT2D eigenvalue weighted by Gasteiger charge is 2.71. The zero-order chi connectivity index (χ0) is 23.4. The van der Waals surface area contributed by atoms with E-state index in [1.807, 2.05) is 17.1 Å². The molecule has 182 valence electrons. The van der Waals surface area contributed by atoms with Gasteiger partial charge in [0.05, 0.1) is 12.0 Å². The third kappa shape index (κ3) is 4.35. The number of fused-ring (bicyclic) bond motifs is 2. The monoisotopic (exact) mass is 460 g/mol.